The van der Waals surface area contributed by atoms with Gasteiger partial charge in [-0.05, 0) is 31.0 Å². The zero-order valence-electron chi connectivity index (χ0n) is 13.2. The number of hydrogen-bond acceptors (Lipinski definition) is 4. The highest BCUT2D eigenvalue weighted by atomic mass is 35.5. The number of amides is 1. The van der Waals surface area contributed by atoms with Gasteiger partial charge in [0.25, 0.3) is 5.91 Å². The first-order valence-electron chi connectivity index (χ1n) is 7.75. The Bertz CT molecular complexity index is 552. The average molecular weight is 360 g/mol. The molecule has 2 fully saturated rings. The van der Waals surface area contributed by atoms with Gasteiger partial charge in [-0.15, -0.1) is 12.4 Å². The zero-order chi connectivity index (χ0) is 15.6. The Labute approximate surface area is 148 Å². The lowest BCUT2D eigenvalue weighted by Gasteiger charge is -2.44. The molecule has 23 heavy (non-hydrogen) atoms. The lowest BCUT2D eigenvalue weighted by molar-refractivity contribution is -0.0954. The monoisotopic (exact) mass is 359 g/mol. The Kier molecular flexibility index (Phi) is 6.14. The van der Waals surface area contributed by atoms with Gasteiger partial charge < -0.3 is 20.3 Å². The van der Waals surface area contributed by atoms with Crippen molar-refractivity contribution in [2.24, 2.45) is 0 Å². The van der Waals surface area contributed by atoms with Crippen molar-refractivity contribution >= 4 is 35.6 Å². The minimum Gasteiger partial charge on any atom is -0.387 e. The fraction of sp³-hybridized carbons (Fsp3) is 0.562. The van der Waals surface area contributed by atoms with Gasteiger partial charge in [-0.2, -0.15) is 0 Å². The van der Waals surface area contributed by atoms with Crippen molar-refractivity contribution in [3.63, 3.8) is 0 Å². The van der Waals surface area contributed by atoms with Crippen LogP contribution in [0.25, 0.3) is 0 Å². The van der Waals surface area contributed by atoms with Crippen LogP contribution >= 0.6 is 24.0 Å². The topological polar surface area (TPSA) is 53.6 Å². The molecule has 0 aromatic heterocycles. The maximum Gasteiger partial charge on any atom is 0.256 e. The molecule has 5 nitrogen and oxygen atoms in total. The van der Waals surface area contributed by atoms with E-state index in [4.69, 9.17) is 16.3 Å². The molecule has 0 bridgehead atoms. The Hall–Kier alpha value is -1.01. The van der Waals surface area contributed by atoms with Crippen LogP contribution in [0.2, 0.25) is 5.02 Å². The largest absolute Gasteiger partial charge is 0.387 e. The maximum absolute atomic E-state index is 12.8. The summed E-state index contributed by atoms with van der Waals surface area (Å²) in [6.45, 7) is 3.99. The number of nitrogens with zero attached hydrogens (tertiary/aromatic N) is 1. The van der Waals surface area contributed by atoms with Crippen molar-refractivity contribution in [3.05, 3.63) is 28.8 Å². The van der Waals surface area contributed by atoms with E-state index in [0.717, 1.165) is 51.3 Å². The van der Waals surface area contributed by atoms with E-state index in [0.29, 0.717) is 10.6 Å². The molecular formula is C16H23Cl2N3O2. The van der Waals surface area contributed by atoms with Crippen LogP contribution in [0, 0.1) is 0 Å². The summed E-state index contributed by atoms with van der Waals surface area (Å²) >= 11 is 6.05. The third kappa shape index (κ3) is 3.91. The first-order chi connectivity index (χ1) is 10.6. The fourth-order valence-corrected chi connectivity index (χ4v) is 3.40. The van der Waals surface area contributed by atoms with Gasteiger partial charge in [0.15, 0.2) is 0 Å². The van der Waals surface area contributed by atoms with E-state index < -0.39 is 0 Å². The van der Waals surface area contributed by atoms with E-state index in [9.17, 15) is 4.79 Å². The smallest absolute Gasteiger partial charge is 0.256 e. The molecule has 2 aliphatic rings. The summed E-state index contributed by atoms with van der Waals surface area (Å²) in [5, 5.41) is 7.03. The van der Waals surface area contributed by atoms with Gasteiger partial charge in [0.2, 0.25) is 0 Å². The average Bonchev–Trinajstić information content (AvgIpc) is 2.56. The van der Waals surface area contributed by atoms with Gasteiger partial charge >= 0.3 is 0 Å². The quantitative estimate of drug-likeness (QED) is 0.851. The van der Waals surface area contributed by atoms with Crippen molar-refractivity contribution in [2.75, 3.05) is 45.2 Å². The molecule has 0 aliphatic carbocycles. The second kappa shape index (κ2) is 7.71. The van der Waals surface area contributed by atoms with Crippen molar-refractivity contribution in [1.82, 2.24) is 10.2 Å². The van der Waals surface area contributed by atoms with Gasteiger partial charge in [-0.25, -0.2) is 0 Å². The third-order valence-corrected chi connectivity index (χ3v) is 4.81. The van der Waals surface area contributed by atoms with Crippen LogP contribution in [-0.2, 0) is 4.74 Å². The molecule has 1 aromatic rings. The summed E-state index contributed by atoms with van der Waals surface area (Å²) in [4.78, 5) is 14.7. The molecule has 7 heteroatoms. The molecule has 128 valence electrons. The second-order valence-electron chi connectivity index (χ2n) is 5.94. The van der Waals surface area contributed by atoms with Gasteiger partial charge in [-0.1, -0.05) is 11.6 Å². The van der Waals surface area contributed by atoms with Crippen molar-refractivity contribution < 1.29 is 9.53 Å². The number of halogens is 2. The molecule has 1 amide bonds. The Morgan fingerprint density at radius 2 is 2.13 bits per heavy atom. The number of nitrogens with one attached hydrogen (secondary N) is 2. The lowest BCUT2D eigenvalue weighted by Crippen LogP contribution is -2.56. The molecule has 0 radical (unpaired) electrons. The molecule has 3 rings (SSSR count). The molecular weight excluding hydrogens is 337 g/mol. The molecule has 0 saturated carbocycles. The van der Waals surface area contributed by atoms with Gasteiger partial charge in [0.05, 0.1) is 17.8 Å². The molecule has 1 spiro atoms. The number of carbonyl (C=O) groups excluding carboxylic acids is 1. The minimum atomic E-state index is -0.0881. The SMILES string of the molecule is CNc1ccc(Cl)cc1C(=O)N1CCC2(CC1)CNCCO2.Cl. The Morgan fingerprint density at radius 1 is 1.39 bits per heavy atom. The molecule has 0 atom stereocenters. The summed E-state index contributed by atoms with van der Waals surface area (Å²) in [6, 6.07) is 5.37. The molecule has 2 N–H and O–H groups in total. The number of carbonyl (C=O) groups is 1. The standard InChI is InChI=1S/C16H22ClN3O2.ClH/c1-18-14-3-2-12(17)10-13(14)15(21)20-7-4-16(5-8-20)11-19-6-9-22-16;/h2-3,10,18-19H,4-9,11H2,1H3;1H. The normalized spacial score (nSPS) is 20.0. The van der Waals surface area contributed by atoms with Crippen molar-refractivity contribution in [3.8, 4) is 0 Å². The number of ether oxygens (including phenoxy) is 1. The van der Waals surface area contributed by atoms with E-state index in [1.165, 1.54) is 0 Å². The molecule has 1 aromatic carbocycles. The fourth-order valence-electron chi connectivity index (χ4n) is 3.23. The molecule has 0 unspecified atom stereocenters. The molecule has 2 aliphatic heterocycles. The highest BCUT2D eigenvalue weighted by Crippen LogP contribution is 2.29. The van der Waals surface area contributed by atoms with E-state index in [2.05, 4.69) is 10.6 Å². The summed E-state index contributed by atoms with van der Waals surface area (Å²) in [6.07, 6.45) is 1.75. The number of likely N-dealkylation sites (tertiary alicyclic amines) is 1. The number of morpholine rings is 1. The second-order valence-corrected chi connectivity index (χ2v) is 6.38. The number of anilines is 1. The van der Waals surface area contributed by atoms with Crippen LogP contribution in [-0.4, -0.2) is 56.2 Å². The number of rotatable bonds is 2. The summed E-state index contributed by atoms with van der Waals surface area (Å²) in [5.41, 5.74) is 1.36. The minimum absolute atomic E-state index is 0. The Morgan fingerprint density at radius 3 is 2.74 bits per heavy atom. The first-order valence-corrected chi connectivity index (χ1v) is 8.13. The third-order valence-electron chi connectivity index (χ3n) is 4.58. The summed E-state index contributed by atoms with van der Waals surface area (Å²) in [7, 11) is 1.81. The summed E-state index contributed by atoms with van der Waals surface area (Å²) in [5.74, 6) is 0.0328. The highest BCUT2D eigenvalue weighted by molar-refractivity contribution is 6.31. The lowest BCUT2D eigenvalue weighted by atomic mass is 9.89. The van der Waals surface area contributed by atoms with Crippen LogP contribution in [0.15, 0.2) is 18.2 Å². The van der Waals surface area contributed by atoms with Gasteiger partial charge in [-0.3, -0.25) is 4.79 Å². The van der Waals surface area contributed by atoms with Crippen LogP contribution < -0.4 is 10.6 Å². The Balaban J connectivity index is 0.00000192. The number of benzene rings is 1. The van der Waals surface area contributed by atoms with Crippen LogP contribution in [0.4, 0.5) is 5.69 Å². The van der Waals surface area contributed by atoms with Crippen LogP contribution in [0.1, 0.15) is 23.2 Å². The summed E-state index contributed by atoms with van der Waals surface area (Å²) < 4.78 is 5.97. The number of hydrogen-bond donors (Lipinski definition) is 2. The van der Waals surface area contributed by atoms with Crippen LogP contribution in [0.3, 0.4) is 0 Å². The van der Waals surface area contributed by atoms with Crippen molar-refractivity contribution in [2.45, 2.75) is 18.4 Å². The first kappa shape index (κ1) is 18.3. The van der Waals surface area contributed by atoms with E-state index in [1.807, 2.05) is 18.0 Å². The van der Waals surface area contributed by atoms with E-state index >= 15 is 0 Å². The van der Waals surface area contributed by atoms with Crippen LogP contribution in [0.5, 0.6) is 0 Å². The molecule has 2 saturated heterocycles. The maximum atomic E-state index is 12.8. The highest BCUT2D eigenvalue weighted by Gasteiger charge is 2.38. The predicted octanol–water partition coefficient (Wildman–Crippen LogP) is 2.40. The van der Waals surface area contributed by atoms with Gasteiger partial charge in [0, 0.05) is 43.9 Å². The predicted molar refractivity (Wildman–Crippen MR) is 94.9 cm³/mol. The van der Waals surface area contributed by atoms with Crippen molar-refractivity contribution in [1.29, 1.82) is 0 Å². The van der Waals surface area contributed by atoms with Gasteiger partial charge in [0.1, 0.15) is 0 Å². The number of piperidine rings is 1. The van der Waals surface area contributed by atoms with E-state index in [1.54, 1.807) is 12.1 Å². The van der Waals surface area contributed by atoms with E-state index in [-0.39, 0.29) is 23.9 Å². The zero-order valence-corrected chi connectivity index (χ0v) is 14.8. The molecule has 2 heterocycles.